The van der Waals surface area contributed by atoms with Crippen molar-refractivity contribution < 1.29 is 9.32 Å². The summed E-state index contributed by atoms with van der Waals surface area (Å²) in [5.41, 5.74) is 0.962. The van der Waals surface area contributed by atoms with Crippen LogP contribution in [0.3, 0.4) is 0 Å². The molecule has 0 aliphatic carbocycles. The SMILES string of the molecule is O=C(NCCc1nc(-c2ccsc2)no1)C1CCCN1. The van der Waals surface area contributed by atoms with E-state index in [2.05, 4.69) is 20.8 Å². The Bertz CT molecular complexity index is 561. The maximum absolute atomic E-state index is 11.8. The van der Waals surface area contributed by atoms with E-state index in [1.54, 1.807) is 11.3 Å². The van der Waals surface area contributed by atoms with Gasteiger partial charge in [0.2, 0.25) is 17.6 Å². The van der Waals surface area contributed by atoms with Crippen LogP contribution >= 0.6 is 11.3 Å². The van der Waals surface area contributed by atoms with Crippen LogP contribution in [0.5, 0.6) is 0 Å². The molecule has 1 atom stereocenters. The standard InChI is InChI=1S/C13H16N4O2S/c18-13(10-2-1-5-14-10)15-6-3-11-16-12(17-19-11)9-4-7-20-8-9/h4,7-8,10,14H,1-3,5-6H2,(H,15,18). The summed E-state index contributed by atoms with van der Waals surface area (Å²) in [5, 5.41) is 13.9. The number of hydrogen-bond acceptors (Lipinski definition) is 6. The van der Waals surface area contributed by atoms with Crippen molar-refractivity contribution in [2.24, 2.45) is 0 Å². The molecule has 3 heterocycles. The highest BCUT2D eigenvalue weighted by Gasteiger charge is 2.21. The molecule has 1 amide bonds. The van der Waals surface area contributed by atoms with Crippen LogP contribution in [0.2, 0.25) is 0 Å². The van der Waals surface area contributed by atoms with Gasteiger partial charge in [-0.3, -0.25) is 4.79 Å². The molecule has 6 nitrogen and oxygen atoms in total. The smallest absolute Gasteiger partial charge is 0.237 e. The fourth-order valence-corrected chi connectivity index (χ4v) is 2.82. The monoisotopic (exact) mass is 292 g/mol. The van der Waals surface area contributed by atoms with Crippen LogP contribution < -0.4 is 10.6 Å². The molecule has 1 saturated heterocycles. The van der Waals surface area contributed by atoms with Crippen LogP contribution in [-0.2, 0) is 11.2 Å². The largest absolute Gasteiger partial charge is 0.354 e. The Labute approximate surface area is 120 Å². The van der Waals surface area contributed by atoms with E-state index in [-0.39, 0.29) is 11.9 Å². The predicted octanol–water partition coefficient (Wildman–Crippen LogP) is 1.21. The van der Waals surface area contributed by atoms with Gasteiger partial charge >= 0.3 is 0 Å². The average Bonchev–Trinajstić information content (AvgIpc) is 3.20. The van der Waals surface area contributed by atoms with E-state index in [1.807, 2.05) is 16.8 Å². The molecule has 0 saturated carbocycles. The van der Waals surface area contributed by atoms with Crippen LogP contribution in [0.4, 0.5) is 0 Å². The molecule has 1 aliphatic heterocycles. The van der Waals surface area contributed by atoms with Crippen molar-refractivity contribution in [3.05, 3.63) is 22.7 Å². The Morgan fingerprint density at radius 2 is 2.55 bits per heavy atom. The number of nitrogens with zero attached hydrogens (tertiary/aromatic N) is 2. The van der Waals surface area contributed by atoms with Gasteiger partial charge in [0.1, 0.15) is 0 Å². The highest BCUT2D eigenvalue weighted by molar-refractivity contribution is 7.08. The Morgan fingerprint density at radius 1 is 1.60 bits per heavy atom. The lowest BCUT2D eigenvalue weighted by atomic mass is 10.2. The van der Waals surface area contributed by atoms with Crippen molar-refractivity contribution in [2.45, 2.75) is 25.3 Å². The van der Waals surface area contributed by atoms with E-state index in [4.69, 9.17) is 4.52 Å². The molecule has 0 bridgehead atoms. The van der Waals surface area contributed by atoms with E-state index < -0.39 is 0 Å². The van der Waals surface area contributed by atoms with E-state index in [9.17, 15) is 4.79 Å². The summed E-state index contributed by atoms with van der Waals surface area (Å²) < 4.78 is 5.17. The molecule has 7 heteroatoms. The minimum absolute atomic E-state index is 0.0425. The number of aromatic nitrogens is 2. The molecule has 0 aromatic carbocycles. The topological polar surface area (TPSA) is 80.1 Å². The second-order valence-electron chi connectivity index (χ2n) is 4.71. The van der Waals surface area contributed by atoms with E-state index in [0.29, 0.717) is 24.7 Å². The summed E-state index contributed by atoms with van der Waals surface area (Å²) in [7, 11) is 0. The summed E-state index contributed by atoms with van der Waals surface area (Å²) in [4.78, 5) is 16.1. The van der Waals surface area contributed by atoms with Gasteiger partial charge in [0, 0.05) is 23.9 Å². The van der Waals surface area contributed by atoms with Crippen molar-refractivity contribution in [1.82, 2.24) is 20.8 Å². The maximum Gasteiger partial charge on any atom is 0.237 e. The molecular weight excluding hydrogens is 276 g/mol. The lowest BCUT2D eigenvalue weighted by Crippen LogP contribution is -2.41. The van der Waals surface area contributed by atoms with Crippen molar-refractivity contribution in [3.8, 4) is 11.4 Å². The van der Waals surface area contributed by atoms with E-state index >= 15 is 0 Å². The second kappa shape index (κ2) is 6.15. The minimum Gasteiger partial charge on any atom is -0.354 e. The van der Waals surface area contributed by atoms with Gasteiger partial charge in [0.05, 0.1) is 6.04 Å². The van der Waals surface area contributed by atoms with Gasteiger partial charge in [-0.15, -0.1) is 0 Å². The molecule has 20 heavy (non-hydrogen) atoms. The van der Waals surface area contributed by atoms with Crippen LogP contribution in [0, 0.1) is 0 Å². The number of rotatable bonds is 5. The van der Waals surface area contributed by atoms with Gasteiger partial charge in [-0.1, -0.05) is 5.16 Å². The zero-order valence-corrected chi connectivity index (χ0v) is 11.8. The molecule has 2 aromatic heterocycles. The third-order valence-corrected chi connectivity index (χ3v) is 3.95. The molecular formula is C13H16N4O2S. The summed E-state index contributed by atoms with van der Waals surface area (Å²) in [5.74, 6) is 1.20. The van der Waals surface area contributed by atoms with Crippen LogP contribution in [-0.4, -0.2) is 35.2 Å². The molecule has 106 valence electrons. The van der Waals surface area contributed by atoms with Gasteiger partial charge < -0.3 is 15.2 Å². The van der Waals surface area contributed by atoms with E-state index in [1.165, 1.54) is 0 Å². The summed E-state index contributed by atoms with van der Waals surface area (Å²) in [6.45, 7) is 1.44. The molecule has 1 fully saturated rings. The third-order valence-electron chi connectivity index (χ3n) is 3.26. The number of carbonyl (C=O) groups is 1. The van der Waals surface area contributed by atoms with Crippen LogP contribution in [0.25, 0.3) is 11.4 Å². The number of thiophene rings is 1. The summed E-state index contributed by atoms with van der Waals surface area (Å²) >= 11 is 1.59. The zero-order valence-electron chi connectivity index (χ0n) is 11.0. The number of hydrogen-bond donors (Lipinski definition) is 2. The maximum atomic E-state index is 11.8. The Hall–Kier alpha value is -1.73. The minimum atomic E-state index is -0.0425. The van der Waals surface area contributed by atoms with Crippen molar-refractivity contribution in [3.63, 3.8) is 0 Å². The quantitative estimate of drug-likeness (QED) is 0.866. The number of carbonyl (C=O) groups excluding carboxylic acids is 1. The number of amides is 1. The molecule has 3 rings (SSSR count). The summed E-state index contributed by atoms with van der Waals surface area (Å²) in [6.07, 6.45) is 2.52. The average molecular weight is 292 g/mol. The Morgan fingerprint density at radius 3 is 3.30 bits per heavy atom. The molecule has 1 unspecified atom stereocenters. The third kappa shape index (κ3) is 3.05. The van der Waals surface area contributed by atoms with Crippen molar-refractivity contribution in [2.75, 3.05) is 13.1 Å². The zero-order chi connectivity index (χ0) is 13.8. The Kier molecular flexibility index (Phi) is 4.08. The first kappa shape index (κ1) is 13.3. The van der Waals surface area contributed by atoms with Gasteiger partial charge in [-0.25, -0.2) is 0 Å². The lowest BCUT2D eigenvalue weighted by molar-refractivity contribution is -0.122. The first-order valence-corrected chi connectivity index (χ1v) is 7.63. The van der Waals surface area contributed by atoms with Gasteiger partial charge in [0.25, 0.3) is 0 Å². The molecule has 0 spiro atoms. The molecule has 1 aliphatic rings. The molecule has 0 radical (unpaired) electrons. The first-order chi connectivity index (χ1) is 9.83. The lowest BCUT2D eigenvalue weighted by Gasteiger charge is -2.09. The van der Waals surface area contributed by atoms with Gasteiger partial charge in [-0.05, 0) is 30.8 Å². The highest BCUT2D eigenvalue weighted by Crippen LogP contribution is 2.18. The van der Waals surface area contributed by atoms with Crippen LogP contribution in [0.1, 0.15) is 18.7 Å². The van der Waals surface area contributed by atoms with Crippen LogP contribution in [0.15, 0.2) is 21.3 Å². The predicted molar refractivity (Wildman–Crippen MR) is 75.3 cm³/mol. The highest BCUT2D eigenvalue weighted by atomic mass is 32.1. The summed E-state index contributed by atoms with van der Waals surface area (Å²) in [6, 6.07) is 1.91. The van der Waals surface area contributed by atoms with Crippen molar-refractivity contribution >= 4 is 17.2 Å². The molecule has 2 N–H and O–H groups in total. The van der Waals surface area contributed by atoms with Gasteiger partial charge in [0.15, 0.2) is 0 Å². The normalized spacial score (nSPS) is 18.3. The number of nitrogens with one attached hydrogen (secondary N) is 2. The Balaban J connectivity index is 1.48. The molecule has 2 aromatic rings. The second-order valence-corrected chi connectivity index (χ2v) is 5.49. The van der Waals surface area contributed by atoms with Crippen molar-refractivity contribution in [1.29, 1.82) is 0 Å². The fraction of sp³-hybridized carbons (Fsp3) is 0.462. The van der Waals surface area contributed by atoms with Gasteiger partial charge in [-0.2, -0.15) is 16.3 Å². The van der Waals surface area contributed by atoms with E-state index in [0.717, 1.165) is 24.9 Å². The fourth-order valence-electron chi connectivity index (χ4n) is 2.19. The first-order valence-electron chi connectivity index (χ1n) is 6.69.